The lowest BCUT2D eigenvalue weighted by Crippen LogP contribution is -2.38. The summed E-state index contributed by atoms with van der Waals surface area (Å²) in [6.07, 6.45) is 4.14. The predicted molar refractivity (Wildman–Crippen MR) is 114 cm³/mol. The first-order valence-electron chi connectivity index (χ1n) is 11.1. The summed E-state index contributed by atoms with van der Waals surface area (Å²) in [5, 5.41) is 0. The molecule has 168 valence electrons. The zero-order chi connectivity index (χ0) is 20.9. The van der Waals surface area contributed by atoms with Crippen LogP contribution in [0.3, 0.4) is 0 Å². The molecule has 0 unspecified atom stereocenters. The SMILES string of the molecule is COc1c(OC2CCN(C)CC2)nc(N2CCOCC2)nc1OC1CCN(C)CC1. The Morgan fingerprint density at radius 1 is 0.767 bits per heavy atom. The van der Waals surface area contributed by atoms with Gasteiger partial charge in [-0.2, -0.15) is 9.97 Å². The molecule has 0 atom stereocenters. The van der Waals surface area contributed by atoms with Crippen molar-refractivity contribution in [3.63, 3.8) is 0 Å². The molecular formula is C21H35N5O4. The van der Waals surface area contributed by atoms with Crippen molar-refractivity contribution < 1.29 is 18.9 Å². The van der Waals surface area contributed by atoms with Crippen molar-refractivity contribution in [2.45, 2.75) is 37.9 Å². The van der Waals surface area contributed by atoms with Crippen LogP contribution in [-0.2, 0) is 4.74 Å². The first-order valence-corrected chi connectivity index (χ1v) is 11.1. The fourth-order valence-corrected chi connectivity index (χ4v) is 4.16. The molecule has 30 heavy (non-hydrogen) atoms. The third kappa shape index (κ3) is 5.25. The third-order valence-corrected chi connectivity index (χ3v) is 6.18. The van der Waals surface area contributed by atoms with Crippen LogP contribution >= 0.6 is 0 Å². The number of likely N-dealkylation sites (tertiary alicyclic amines) is 2. The van der Waals surface area contributed by atoms with Gasteiger partial charge in [0, 0.05) is 39.3 Å². The molecule has 1 aromatic heterocycles. The summed E-state index contributed by atoms with van der Waals surface area (Å²) in [4.78, 5) is 16.3. The van der Waals surface area contributed by atoms with Gasteiger partial charge in [0.15, 0.2) is 0 Å². The Balaban J connectivity index is 1.58. The highest BCUT2D eigenvalue weighted by Gasteiger charge is 2.28. The molecule has 3 fully saturated rings. The van der Waals surface area contributed by atoms with Crippen molar-refractivity contribution in [1.29, 1.82) is 0 Å². The molecule has 1 aromatic rings. The van der Waals surface area contributed by atoms with Crippen LogP contribution in [0.5, 0.6) is 17.5 Å². The van der Waals surface area contributed by atoms with E-state index < -0.39 is 0 Å². The van der Waals surface area contributed by atoms with E-state index in [0.717, 1.165) is 65.0 Å². The maximum absolute atomic E-state index is 6.36. The smallest absolute Gasteiger partial charge is 0.266 e. The van der Waals surface area contributed by atoms with Gasteiger partial charge in [0.1, 0.15) is 12.2 Å². The number of aromatic nitrogens is 2. The van der Waals surface area contributed by atoms with E-state index in [1.165, 1.54) is 0 Å². The molecule has 0 aliphatic carbocycles. The van der Waals surface area contributed by atoms with Gasteiger partial charge in [-0.15, -0.1) is 0 Å². The van der Waals surface area contributed by atoms with Crippen LogP contribution in [0, 0.1) is 0 Å². The summed E-state index contributed by atoms with van der Waals surface area (Å²) in [6.45, 7) is 6.94. The van der Waals surface area contributed by atoms with Gasteiger partial charge in [-0.3, -0.25) is 0 Å². The number of hydrogen-bond donors (Lipinski definition) is 0. The van der Waals surface area contributed by atoms with Crippen LogP contribution in [0.1, 0.15) is 25.7 Å². The Labute approximate surface area is 179 Å². The molecule has 0 radical (unpaired) electrons. The molecular weight excluding hydrogens is 386 g/mol. The van der Waals surface area contributed by atoms with Crippen molar-refractivity contribution in [1.82, 2.24) is 19.8 Å². The Hall–Kier alpha value is -1.84. The number of hydrogen-bond acceptors (Lipinski definition) is 9. The second kappa shape index (κ2) is 9.98. The fraction of sp³-hybridized carbons (Fsp3) is 0.810. The number of methoxy groups -OCH3 is 1. The van der Waals surface area contributed by atoms with Crippen molar-refractivity contribution in [2.75, 3.05) is 78.6 Å². The van der Waals surface area contributed by atoms with Gasteiger partial charge in [0.25, 0.3) is 11.8 Å². The zero-order valence-electron chi connectivity index (χ0n) is 18.5. The van der Waals surface area contributed by atoms with E-state index in [4.69, 9.17) is 28.9 Å². The van der Waals surface area contributed by atoms with Crippen LogP contribution in [0.2, 0.25) is 0 Å². The Morgan fingerprint density at radius 3 is 1.67 bits per heavy atom. The van der Waals surface area contributed by atoms with Gasteiger partial charge >= 0.3 is 0 Å². The van der Waals surface area contributed by atoms with E-state index in [1.807, 2.05) is 0 Å². The van der Waals surface area contributed by atoms with Gasteiger partial charge in [0.2, 0.25) is 11.7 Å². The highest BCUT2D eigenvalue weighted by molar-refractivity contribution is 5.49. The normalized spacial score (nSPS) is 22.8. The second-order valence-corrected chi connectivity index (χ2v) is 8.51. The van der Waals surface area contributed by atoms with Crippen LogP contribution in [0.4, 0.5) is 5.95 Å². The molecule has 0 amide bonds. The minimum atomic E-state index is 0.124. The second-order valence-electron chi connectivity index (χ2n) is 8.51. The first-order chi connectivity index (χ1) is 14.6. The Morgan fingerprint density at radius 2 is 1.23 bits per heavy atom. The summed E-state index contributed by atoms with van der Waals surface area (Å²) in [7, 11) is 5.92. The molecule has 3 saturated heterocycles. The first kappa shape index (κ1) is 21.4. The average molecular weight is 422 g/mol. The number of ether oxygens (including phenoxy) is 4. The topological polar surface area (TPSA) is 72.4 Å². The Kier molecular flexibility index (Phi) is 7.12. The monoisotopic (exact) mass is 421 g/mol. The van der Waals surface area contributed by atoms with Crippen molar-refractivity contribution in [3.8, 4) is 17.5 Å². The van der Waals surface area contributed by atoms with Crippen molar-refractivity contribution in [3.05, 3.63) is 0 Å². The van der Waals surface area contributed by atoms with E-state index in [0.29, 0.717) is 36.7 Å². The summed E-state index contributed by atoms with van der Waals surface area (Å²) in [5.41, 5.74) is 0. The number of rotatable bonds is 6. The fourth-order valence-electron chi connectivity index (χ4n) is 4.16. The highest BCUT2D eigenvalue weighted by atomic mass is 16.6. The predicted octanol–water partition coefficient (Wildman–Crippen LogP) is 1.27. The molecule has 4 heterocycles. The summed E-state index contributed by atoms with van der Waals surface area (Å²) in [5.74, 6) is 2.12. The molecule has 0 saturated carbocycles. The largest absolute Gasteiger partial charge is 0.487 e. The lowest BCUT2D eigenvalue weighted by atomic mass is 10.1. The maximum Gasteiger partial charge on any atom is 0.266 e. The molecule has 4 rings (SSSR count). The van der Waals surface area contributed by atoms with E-state index in [9.17, 15) is 0 Å². The molecule has 0 aromatic carbocycles. The van der Waals surface area contributed by atoms with Gasteiger partial charge in [-0.1, -0.05) is 0 Å². The summed E-state index contributed by atoms with van der Waals surface area (Å²) < 4.78 is 23.9. The molecule has 0 N–H and O–H groups in total. The number of nitrogens with zero attached hydrogens (tertiary/aromatic N) is 5. The van der Waals surface area contributed by atoms with E-state index in [2.05, 4.69) is 28.8 Å². The third-order valence-electron chi connectivity index (χ3n) is 6.18. The van der Waals surface area contributed by atoms with Gasteiger partial charge in [-0.25, -0.2) is 0 Å². The zero-order valence-corrected chi connectivity index (χ0v) is 18.5. The summed E-state index contributed by atoms with van der Waals surface area (Å²) in [6, 6.07) is 0. The molecule has 9 nitrogen and oxygen atoms in total. The Bertz CT molecular complexity index is 639. The quantitative estimate of drug-likeness (QED) is 0.675. The van der Waals surface area contributed by atoms with Gasteiger partial charge in [-0.05, 0) is 39.8 Å². The van der Waals surface area contributed by atoms with Crippen molar-refractivity contribution in [2.24, 2.45) is 0 Å². The van der Waals surface area contributed by atoms with Crippen LogP contribution < -0.4 is 19.1 Å². The highest BCUT2D eigenvalue weighted by Crippen LogP contribution is 2.38. The van der Waals surface area contributed by atoms with Gasteiger partial charge < -0.3 is 33.6 Å². The minimum Gasteiger partial charge on any atom is -0.487 e. The lowest BCUT2D eigenvalue weighted by molar-refractivity contribution is 0.0943. The number of piperidine rings is 2. The molecule has 3 aliphatic rings. The molecule has 0 spiro atoms. The van der Waals surface area contributed by atoms with Crippen LogP contribution in [0.15, 0.2) is 0 Å². The van der Waals surface area contributed by atoms with Crippen LogP contribution in [0.25, 0.3) is 0 Å². The summed E-state index contributed by atoms with van der Waals surface area (Å²) >= 11 is 0. The lowest BCUT2D eigenvalue weighted by Gasteiger charge is -2.32. The maximum atomic E-state index is 6.36. The number of morpholine rings is 1. The van der Waals surface area contributed by atoms with E-state index >= 15 is 0 Å². The van der Waals surface area contributed by atoms with E-state index in [-0.39, 0.29) is 12.2 Å². The van der Waals surface area contributed by atoms with Gasteiger partial charge in [0.05, 0.1) is 20.3 Å². The van der Waals surface area contributed by atoms with Crippen LogP contribution in [-0.4, -0.2) is 106 Å². The van der Waals surface area contributed by atoms with Crippen molar-refractivity contribution >= 4 is 5.95 Å². The molecule has 3 aliphatic heterocycles. The average Bonchev–Trinajstić information content (AvgIpc) is 2.77. The van der Waals surface area contributed by atoms with E-state index in [1.54, 1.807) is 7.11 Å². The minimum absolute atomic E-state index is 0.124. The molecule has 0 bridgehead atoms. The molecule has 9 heteroatoms. The number of anilines is 1. The standard InChI is InChI=1S/C21H35N5O4/c1-24-8-4-16(5-9-24)29-19-18(27-3)20(30-17-6-10-25(2)11-7-17)23-21(22-19)26-12-14-28-15-13-26/h16-17H,4-15H2,1-3H3.